The van der Waals surface area contributed by atoms with E-state index in [2.05, 4.69) is 20.5 Å². The van der Waals surface area contributed by atoms with Gasteiger partial charge in [-0.25, -0.2) is 24.2 Å². The number of nitrogens with zero attached hydrogens (tertiary/aromatic N) is 5. The minimum Gasteiger partial charge on any atom is -0.355 e. The largest absolute Gasteiger partial charge is 0.355 e. The molecule has 182 valence electrons. The van der Waals surface area contributed by atoms with Gasteiger partial charge < -0.3 is 5.32 Å². The molecule has 4 aromatic rings. The van der Waals surface area contributed by atoms with E-state index in [1.54, 1.807) is 41.2 Å². The van der Waals surface area contributed by atoms with Crippen molar-refractivity contribution in [1.82, 2.24) is 25.1 Å². The Hall–Kier alpha value is -4.73. The van der Waals surface area contributed by atoms with Gasteiger partial charge in [0.1, 0.15) is 12.1 Å². The third-order valence-corrected chi connectivity index (χ3v) is 6.31. The molecule has 2 N–H and O–H groups in total. The number of H-pyrrole nitrogens is 1. The first-order valence-electron chi connectivity index (χ1n) is 11.6. The fourth-order valence-electron chi connectivity index (χ4n) is 4.50. The number of aromatic amines is 1. The van der Waals surface area contributed by atoms with E-state index < -0.39 is 0 Å². The first kappa shape index (κ1) is 23.0. The predicted octanol–water partition coefficient (Wildman–Crippen LogP) is 2.99. The molecule has 0 unspecified atom stereocenters. The number of nitrogens with one attached hydrogen (secondary N) is 2. The van der Waals surface area contributed by atoms with Crippen molar-refractivity contribution < 1.29 is 9.59 Å². The molecule has 5 rings (SSSR count). The lowest BCUT2D eigenvalue weighted by atomic mass is 9.98. The lowest BCUT2D eigenvalue weighted by molar-refractivity contribution is 0.0963. The summed E-state index contributed by atoms with van der Waals surface area (Å²) in [5.41, 5.74) is 4.45. The van der Waals surface area contributed by atoms with E-state index in [4.69, 9.17) is 0 Å². The van der Waals surface area contributed by atoms with Crippen LogP contribution in [0.3, 0.4) is 0 Å². The maximum absolute atomic E-state index is 13.5. The zero-order chi connectivity index (χ0) is 25.2. The maximum atomic E-state index is 13.5. The molecule has 3 amide bonds. The second kappa shape index (κ2) is 9.49. The monoisotopic (exact) mass is 483 g/mol. The van der Waals surface area contributed by atoms with Crippen molar-refractivity contribution in [3.8, 4) is 16.8 Å². The van der Waals surface area contributed by atoms with Gasteiger partial charge in [-0.15, -0.1) is 0 Å². The van der Waals surface area contributed by atoms with Crippen LogP contribution in [0, 0.1) is 0 Å². The molecule has 2 aromatic carbocycles. The van der Waals surface area contributed by atoms with Crippen LogP contribution < -0.4 is 20.8 Å². The third-order valence-electron chi connectivity index (χ3n) is 6.31. The van der Waals surface area contributed by atoms with Crippen molar-refractivity contribution in [3.63, 3.8) is 0 Å². The van der Waals surface area contributed by atoms with Crippen LogP contribution in [0.1, 0.15) is 22.8 Å². The summed E-state index contributed by atoms with van der Waals surface area (Å²) in [6.07, 6.45) is 3.83. The van der Waals surface area contributed by atoms with E-state index in [1.807, 2.05) is 43.3 Å². The number of carbonyl (C=O) groups excluding carboxylic acids is 2. The van der Waals surface area contributed by atoms with E-state index in [0.29, 0.717) is 42.3 Å². The zero-order valence-corrected chi connectivity index (χ0v) is 19.9. The van der Waals surface area contributed by atoms with Gasteiger partial charge in [0.2, 0.25) is 0 Å². The number of anilines is 2. The minimum atomic E-state index is -0.304. The lowest BCUT2D eigenvalue weighted by Crippen LogP contribution is -2.33. The predicted molar refractivity (Wildman–Crippen MR) is 137 cm³/mol. The average Bonchev–Trinajstić information content (AvgIpc) is 3.53. The average molecular weight is 484 g/mol. The molecule has 36 heavy (non-hydrogen) atoms. The number of carbonyl (C=O) groups is 2. The highest BCUT2D eigenvalue weighted by Gasteiger charge is 2.33. The second-order valence-electron chi connectivity index (χ2n) is 8.31. The smallest absolute Gasteiger partial charge is 0.347 e. The molecule has 1 aliphatic rings. The number of rotatable bonds is 6. The maximum Gasteiger partial charge on any atom is 0.347 e. The molecule has 0 bridgehead atoms. The Morgan fingerprint density at radius 2 is 1.81 bits per heavy atom. The number of hydrogen-bond acceptors (Lipinski definition) is 5. The minimum absolute atomic E-state index is 0.182. The molecule has 1 fully saturated rings. The molecule has 0 atom stereocenters. The summed E-state index contributed by atoms with van der Waals surface area (Å²) in [4.78, 5) is 45.3. The van der Waals surface area contributed by atoms with E-state index in [9.17, 15) is 14.4 Å². The number of amides is 3. The Labute approximate surface area is 207 Å². The Kier molecular flexibility index (Phi) is 6.07. The van der Waals surface area contributed by atoms with Gasteiger partial charge in [-0.2, -0.15) is 5.10 Å². The lowest BCUT2D eigenvalue weighted by Gasteiger charge is -2.22. The van der Waals surface area contributed by atoms with E-state index in [1.165, 1.54) is 10.9 Å². The Bertz CT molecular complexity index is 1490. The first-order valence-corrected chi connectivity index (χ1v) is 11.6. The van der Waals surface area contributed by atoms with Gasteiger partial charge in [0.25, 0.3) is 5.91 Å². The standard InChI is InChI=1S/C26H25N7O3/c1-3-21-22(17-7-9-19(10-8-17)33-16-29-30-25(33)35)11-12-28-23(21)32-14-13-31(26(32)36)20-6-4-5-18(15-20)24(34)27-2/h4-12,15-16H,3,13-14H2,1-2H3,(H,27,34)(H,30,35). The van der Waals surface area contributed by atoms with Gasteiger partial charge in [0, 0.05) is 43.1 Å². The summed E-state index contributed by atoms with van der Waals surface area (Å²) in [5, 5.41) is 8.77. The molecule has 0 saturated carbocycles. The van der Waals surface area contributed by atoms with Crippen molar-refractivity contribution in [1.29, 1.82) is 0 Å². The molecule has 10 nitrogen and oxygen atoms in total. The number of urea groups is 1. The van der Waals surface area contributed by atoms with Crippen molar-refractivity contribution >= 4 is 23.4 Å². The van der Waals surface area contributed by atoms with Crippen LogP contribution in [-0.4, -0.2) is 51.8 Å². The molecule has 0 radical (unpaired) electrons. The molecule has 2 aromatic heterocycles. The summed E-state index contributed by atoms with van der Waals surface area (Å²) in [6.45, 7) is 3.00. The highest BCUT2D eigenvalue weighted by molar-refractivity contribution is 6.07. The molecule has 0 spiro atoms. The van der Waals surface area contributed by atoms with Gasteiger partial charge in [-0.3, -0.25) is 14.6 Å². The SMILES string of the molecule is CCc1c(-c2ccc(-n3cn[nH]c3=O)cc2)ccnc1N1CCN(c2cccc(C(=O)NC)c2)C1=O. The van der Waals surface area contributed by atoms with Crippen LogP contribution in [-0.2, 0) is 6.42 Å². The van der Waals surface area contributed by atoms with Crippen LogP contribution in [0.2, 0.25) is 0 Å². The topological polar surface area (TPSA) is 116 Å². The fourth-order valence-corrected chi connectivity index (χ4v) is 4.50. The van der Waals surface area contributed by atoms with Crippen LogP contribution in [0.4, 0.5) is 16.3 Å². The molecule has 10 heteroatoms. The van der Waals surface area contributed by atoms with E-state index >= 15 is 0 Å². The molecular formula is C26H25N7O3. The first-order chi connectivity index (χ1) is 17.5. The number of benzene rings is 2. The Morgan fingerprint density at radius 1 is 1.03 bits per heavy atom. The van der Waals surface area contributed by atoms with E-state index in [-0.39, 0.29) is 17.6 Å². The summed E-state index contributed by atoms with van der Waals surface area (Å²) < 4.78 is 1.43. The third kappa shape index (κ3) is 4.02. The highest BCUT2D eigenvalue weighted by atomic mass is 16.2. The van der Waals surface area contributed by atoms with Crippen LogP contribution in [0.15, 0.2) is 71.9 Å². The summed E-state index contributed by atoms with van der Waals surface area (Å²) in [6, 6.07) is 16.4. The molecule has 1 saturated heterocycles. The molecule has 0 aliphatic carbocycles. The van der Waals surface area contributed by atoms with Crippen LogP contribution in [0.25, 0.3) is 16.8 Å². The summed E-state index contributed by atoms with van der Waals surface area (Å²) >= 11 is 0. The normalized spacial score (nSPS) is 13.3. The fraction of sp³-hybridized carbons (Fsp3) is 0.192. The molecular weight excluding hydrogens is 458 g/mol. The van der Waals surface area contributed by atoms with Gasteiger partial charge >= 0.3 is 11.7 Å². The summed E-state index contributed by atoms with van der Waals surface area (Å²) in [7, 11) is 1.58. The summed E-state index contributed by atoms with van der Waals surface area (Å²) in [5.74, 6) is 0.423. The number of hydrogen-bond donors (Lipinski definition) is 2. The van der Waals surface area contributed by atoms with Gasteiger partial charge in [0.05, 0.1) is 5.69 Å². The van der Waals surface area contributed by atoms with Crippen molar-refractivity contribution in [2.45, 2.75) is 13.3 Å². The Balaban J connectivity index is 1.45. The zero-order valence-electron chi connectivity index (χ0n) is 19.9. The van der Waals surface area contributed by atoms with Crippen molar-refractivity contribution in [2.75, 3.05) is 29.9 Å². The Morgan fingerprint density at radius 3 is 2.50 bits per heavy atom. The van der Waals surface area contributed by atoms with Gasteiger partial charge in [0.15, 0.2) is 0 Å². The number of pyridine rings is 1. The molecule has 1 aliphatic heterocycles. The quantitative estimate of drug-likeness (QED) is 0.437. The van der Waals surface area contributed by atoms with Gasteiger partial charge in [-0.1, -0.05) is 25.1 Å². The van der Waals surface area contributed by atoms with Crippen LogP contribution in [0.5, 0.6) is 0 Å². The van der Waals surface area contributed by atoms with E-state index in [0.717, 1.165) is 16.7 Å². The van der Waals surface area contributed by atoms with Gasteiger partial charge in [-0.05, 0) is 53.9 Å². The van der Waals surface area contributed by atoms with Crippen molar-refractivity contribution in [3.05, 3.63) is 88.7 Å². The van der Waals surface area contributed by atoms with Crippen LogP contribution >= 0.6 is 0 Å². The highest BCUT2D eigenvalue weighted by Crippen LogP contribution is 2.33. The molecule has 3 heterocycles. The second-order valence-corrected chi connectivity index (χ2v) is 8.31. The van der Waals surface area contributed by atoms with Crippen molar-refractivity contribution in [2.24, 2.45) is 0 Å². The number of aromatic nitrogens is 4.